The minimum Gasteiger partial charge on any atom is -0.465 e. The lowest BCUT2D eigenvalue weighted by Gasteiger charge is -2.10. The molecule has 2 aromatic heterocycles. The van der Waals surface area contributed by atoms with Crippen LogP contribution in [0.25, 0.3) is 5.65 Å². The minimum absolute atomic E-state index is 0.222. The van der Waals surface area contributed by atoms with E-state index in [9.17, 15) is 4.79 Å². The van der Waals surface area contributed by atoms with Crippen LogP contribution in [0.5, 0.6) is 0 Å². The summed E-state index contributed by atoms with van der Waals surface area (Å²) in [6, 6.07) is 3.60. The Bertz CT molecular complexity index is 574. The van der Waals surface area contributed by atoms with Crippen molar-refractivity contribution >= 4 is 11.6 Å². The van der Waals surface area contributed by atoms with E-state index < -0.39 is 5.41 Å². The van der Waals surface area contributed by atoms with E-state index in [1.54, 1.807) is 23.7 Å². The molecular formula is C11H12N4O2. The summed E-state index contributed by atoms with van der Waals surface area (Å²) < 4.78 is 6.71. The Morgan fingerprint density at radius 2 is 2.35 bits per heavy atom. The molecule has 6 heteroatoms. The van der Waals surface area contributed by atoms with Gasteiger partial charge in [-0.1, -0.05) is 0 Å². The van der Waals surface area contributed by atoms with Crippen molar-refractivity contribution < 1.29 is 9.53 Å². The summed E-state index contributed by atoms with van der Waals surface area (Å²) in [5.74, 6) is 0.367. The standard InChI is InChI=1S/C11H12N4O2/c1-2-17-10(16)11(5-6-11)9-14-13-8-4-3-7-12-15(8)9/h3-4,7H,2,5-6H2,1H3. The van der Waals surface area contributed by atoms with Crippen molar-refractivity contribution in [3.8, 4) is 0 Å². The van der Waals surface area contributed by atoms with E-state index in [0.29, 0.717) is 18.1 Å². The van der Waals surface area contributed by atoms with Crippen molar-refractivity contribution in [1.82, 2.24) is 19.8 Å². The second-order valence-corrected chi connectivity index (χ2v) is 4.12. The highest BCUT2D eigenvalue weighted by molar-refractivity contribution is 5.85. The third-order valence-electron chi connectivity index (χ3n) is 3.02. The van der Waals surface area contributed by atoms with Gasteiger partial charge < -0.3 is 4.74 Å². The zero-order valence-corrected chi connectivity index (χ0v) is 9.46. The normalized spacial score (nSPS) is 17.0. The average Bonchev–Trinajstić information content (AvgIpc) is 3.04. The SMILES string of the molecule is CCOC(=O)C1(c2nnc3cccnn23)CC1. The molecule has 3 rings (SSSR count). The molecule has 1 saturated carbocycles. The van der Waals surface area contributed by atoms with Crippen molar-refractivity contribution in [3.63, 3.8) is 0 Å². The van der Waals surface area contributed by atoms with Crippen LogP contribution in [0.4, 0.5) is 0 Å². The molecule has 0 atom stereocenters. The predicted molar refractivity (Wildman–Crippen MR) is 58.3 cm³/mol. The Morgan fingerprint density at radius 1 is 1.53 bits per heavy atom. The van der Waals surface area contributed by atoms with Crippen LogP contribution in [0.2, 0.25) is 0 Å². The number of esters is 1. The van der Waals surface area contributed by atoms with Crippen molar-refractivity contribution in [2.75, 3.05) is 6.61 Å². The Labute approximate surface area is 97.6 Å². The van der Waals surface area contributed by atoms with E-state index in [4.69, 9.17) is 4.74 Å². The van der Waals surface area contributed by atoms with Crippen molar-refractivity contribution in [3.05, 3.63) is 24.2 Å². The lowest BCUT2D eigenvalue weighted by Crippen LogP contribution is -2.26. The molecule has 0 saturated heterocycles. The van der Waals surface area contributed by atoms with E-state index in [1.165, 1.54) is 0 Å². The van der Waals surface area contributed by atoms with Gasteiger partial charge in [-0.2, -0.15) is 9.61 Å². The zero-order chi connectivity index (χ0) is 11.9. The van der Waals surface area contributed by atoms with Gasteiger partial charge in [-0.3, -0.25) is 4.79 Å². The number of hydrogen-bond donors (Lipinski definition) is 0. The smallest absolute Gasteiger partial charge is 0.319 e. The highest BCUT2D eigenvalue weighted by Gasteiger charge is 2.56. The van der Waals surface area contributed by atoms with E-state index in [0.717, 1.165) is 12.8 Å². The van der Waals surface area contributed by atoms with Gasteiger partial charge in [-0.05, 0) is 31.9 Å². The van der Waals surface area contributed by atoms with Gasteiger partial charge in [0.05, 0.1) is 6.61 Å². The summed E-state index contributed by atoms with van der Waals surface area (Å²) in [5.41, 5.74) is 0.0297. The predicted octanol–water partition coefficient (Wildman–Crippen LogP) is 0.719. The Morgan fingerprint density at radius 3 is 3.06 bits per heavy atom. The molecule has 0 bridgehead atoms. The van der Waals surface area contributed by atoms with Crippen LogP contribution in [0.15, 0.2) is 18.3 Å². The molecule has 2 aromatic rings. The number of hydrogen-bond acceptors (Lipinski definition) is 5. The molecule has 1 fully saturated rings. The maximum absolute atomic E-state index is 11.9. The maximum atomic E-state index is 11.9. The van der Waals surface area contributed by atoms with Gasteiger partial charge in [-0.25, -0.2) is 0 Å². The molecule has 2 heterocycles. The number of nitrogens with zero attached hydrogens (tertiary/aromatic N) is 4. The summed E-state index contributed by atoms with van der Waals surface area (Å²) in [7, 11) is 0. The van der Waals surface area contributed by atoms with Crippen LogP contribution in [-0.4, -0.2) is 32.4 Å². The molecule has 1 aliphatic rings. The summed E-state index contributed by atoms with van der Waals surface area (Å²) in [5, 5.41) is 12.3. The van der Waals surface area contributed by atoms with Crippen LogP contribution < -0.4 is 0 Å². The fourth-order valence-electron chi connectivity index (χ4n) is 1.96. The number of rotatable bonds is 3. The molecule has 0 amide bonds. The van der Waals surface area contributed by atoms with Crippen LogP contribution in [0, 0.1) is 0 Å². The third-order valence-corrected chi connectivity index (χ3v) is 3.02. The summed E-state index contributed by atoms with van der Waals surface area (Å²) in [4.78, 5) is 11.9. The van der Waals surface area contributed by atoms with Crippen LogP contribution in [-0.2, 0) is 14.9 Å². The lowest BCUT2D eigenvalue weighted by molar-refractivity contribution is -0.146. The second-order valence-electron chi connectivity index (χ2n) is 4.12. The van der Waals surface area contributed by atoms with Gasteiger partial charge in [-0.15, -0.1) is 10.2 Å². The second kappa shape index (κ2) is 3.51. The van der Waals surface area contributed by atoms with Gasteiger partial charge in [0.2, 0.25) is 0 Å². The first kappa shape index (κ1) is 10.2. The topological polar surface area (TPSA) is 69.4 Å². The van der Waals surface area contributed by atoms with Crippen LogP contribution in [0.3, 0.4) is 0 Å². The van der Waals surface area contributed by atoms with E-state index in [1.807, 2.05) is 6.07 Å². The molecule has 0 aliphatic heterocycles. The van der Waals surface area contributed by atoms with Gasteiger partial charge in [0.25, 0.3) is 0 Å². The maximum Gasteiger partial charge on any atom is 0.319 e. The molecule has 0 aromatic carbocycles. The Kier molecular flexibility index (Phi) is 2.10. The number of aromatic nitrogens is 4. The highest BCUT2D eigenvalue weighted by Crippen LogP contribution is 2.48. The molecule has 6 nitrogen and oxygen atoms in total. The van der Waals surface area contributed by atoms with Gasteiger partial charge >= 0.3 is 5.97 Å². The molecule has 0 N–H and O–H groups in total. The minimum atomic E-state index is -0.621. The molecule has 1 aliphatic carbocycles. The molecule has 0 radical (unpaired) electrons. The van der Waals surface area contributed by atoms with Gasteiger partial charge in [0, 0.05) is 6.20 Å². The summed E-state index contributed by atoms with van der Waals surface area (Å²) >= 11 is 0. The van der Waals surface area contributed by atoms with Crippen molar-refractivity contribution in [1.29, 1.82) is 0 Å². The lowest BCUT2D eigenvalue weighted by atomic mass is 10.1. The number of carbonyl (C=O) groups excluding carboxylic acids is 1. The number of ether oxygens (including phenoxy) is 1. The fraction of sp³-hybridized carbons (Fsp3) is 0.455. The molecule has 88 valence electrons. The molecular weight excluding hydrogens is 220 g/mol. The quantitative estimate of drug-likeness (QED) is 0.729. The van der Waals surface area contributed by atoms with Crippen LogP contribution in [0.1, 0.15) is 25.6 Å². The number of fused-ring (bicyclic) bond motifs is 1. The molecule has 0 unspecified atom stereocenters. The first-order valence-corrected chi connectivity index (χ1v) is 5.62. The highest BCUT2D eigenvalue weighted by atomic mass is 16.5. The Balaban J connectivity index is 2.07. The number of carbonyl (C=O) groups is 1. The molecule has 17 heavy (non-hydrogen) atoms. The van der Waals surface area contributed by atoms with E-state index in [-0.39, 0.29) is 5.97 Å². The fourth-order valence-corrected chi connectivity index (χ4v) is 1.96. The van der Waals surface area contributed by atoms with Crippen molar-refractivity contribution in [2.24, 2.45) is 0 Å². The third kappa shape index (κ3) is 1.40. The first-order valence-electron chi connectivity index (χ1n) is 5.62. The average molecular weight is 232 g/mol. The van der Waals surface area contributed by atoms with Crippen LogP contribution >= 0.6 is 0 Å². The van der Waals surface area contributed by atoms with Gasteiger partial charge in [0.15, 0.2) is 11.5 Å². The van der Waals surface area contributed by atoms with Gasteiger partial charge in [0.1, 0.15) is 5.41 Å². The zero-order valence-electron chi connectivity index (χ0n) is 9.46. The monoisotopic (exact) mass is 232 g/mol. The summed E-state index contributed by atoms with van der Waals surface area (Å²) in [6.07, 6.45) is 3.16. The molecule has 0 spiro atoms. The first-order chi connectivity index (χ1) is 8.28. The largest absolute Gasteiger partial charge is 0.465 e. The van der Waals surface area contributed by atoms with Crippen molar-refractivity contribution in [2.45, 2.75) is 25.2 Å². The van der Waals surface area contributed by atoms with E-state index >= 15 is 0 Å². The van der Waals surface area contributed by atoms with E-state index in [2.05, 4.69) is 15.3 Å². The Hall–Kier alpha value is -1.98. The summed E-state index contributed by atoms with van der Waals surface area (Å²) in [6.45, 7) is 2.18.